The minimum atomic E-state index is 0.200. The van der Waals surface area contributed by atoms with Crippen molar-refractivity contribution in [2.45, 2.75) is 53.0 Å². The molecule has 0 radical (unpaired) electrons. The summed E-state index contributed by atoms with van der Waals surface area (Å²) in [5.74, 6) is 0.200. The van der Waals surface area contributed by atoms with Gasteiger partial charge in [-0.3, -0.25) is 4.79 Å². The van der Waals surface area contributed by atoms with Crippen LogP contribution in [0.2, 0.25) is 0 Å². The number of aryl methyl sites for hydroxylation is 1. The van der Waals surface area contributed by atoms with E-state index >= 15 is 0 Å². The van der Waals surface area contributed by atoms with Crippen LogP contribution in [0.25, 0.3) is 10.9 Å². The Balaban J connectivity index is 1.69. The third-order valence-electron chi connectivity index (χ3n) is 5.74. The molecule has 23 heavy (non-hydrogen) atoms. The molecular weight excluding hydrogens is 284 g/mol. The standard InChI is InChI=1S/C20H26N2O/c1-13-5-6-15-16(10-21-17(15)7-13)18(23)22-12-20(4)9-14(22)8-19(2,3)11-20/h5-7,10,14,21H,8-9,11-12H2,1-4H3. The molecular formula is C20H26N2O. The molecule has 2 fully saturated rings. The van der Waals surface area contributed by atoms with E-state index in [-0.39, 0.29) is 11.3 Å². The van der Waals surface area contributed by atoms with Gasteiger partial charge in [0, 0.05) is 29.7 Å². The lowest BCUT2D eigenvalue weighted by atomic mass is 9.65. The van der Waals surface area contributed by atoms with Crippen molar-refractivity contribution >= 4 is 16.8 Å². The van der Waals surface area contributed by atoms with Crippen molar-refractivity contribution in [3.8, 4) is 0 Å². The molecule has 4 rings (SSSR count). The van der Waals surface area contributed by atoms with Crippen LogP contribution in [0.15, 0.2) is 24.4 Å². The molecule has 2 bridgehead atoms. The predicted octanol–water partition coefficient (Wildman–Crippen LogP) is 4.52. The molecule has 2 aliphatic rings. The molecule has 3 heteroatoms. The number of fused-ring (bicyclic) bond motifs is 3. The highest BCUT2D eigenvalue weighted by molar-refractivity contribution is 6.07. The van der Waals surface area contributed by atoms with E-state index in [0.29, 0.717) is 11.5 Å². The summed E-state index contributed by atoms with van der Waals surface area (Å²) in [5, 5.41) is 1.05. The van der Waals surface area contributed by atoms with Crippen molar-refractivity contribution in [2.75, 3.05) is 6.54 Å². The summed E-state index contributed by atoms with van der Waals surface area (Å²) in [4.78, 5) is 18.6. The molecule has 2 heterocycles. The minimum Gasteiger partial charge on any atom is -0.360 e. The Kier molecular flexibility index (Phi) is 2.97. The second-order valence-corrected chi connectivity index (χ2v) is 8.90. The number of likely N-dealkylation sites (tertiary alicyclic amines) is 1. The number of aromatic nitrogens is 1. The number of nitrogens with zero attached hydrogens (tertiary/aromatic N) is 1. The number of hydrogen-bond donors (Lipinski definition) is 1. The third kappa shape index (κ3) is 2.37. The average Bonchev–Trinajstić information content (AvgIpc) is 2.95. The number of hydrogen-bond acceptors (Lipinski definition) is 1. The Bertz CT molecular complexity index is 788. The van der Waals surface area contributed by atoms with Crippen LogP contribution >= 0.6 is 0 Å². The van der Waals surface area contributed by atoms with Crippen LogP contribution in [-0.4, -0.2) is 28.4 Å². The van der Waals surface area contributed by atoms with E-state index < -0.39 is 0 Å². The van der Waals surface area contributed by atoms with Crippen LogP contribution in [0.4, 0.5) is 0 Å². The quantitative estimate of drug-likeness (QED) is 0.826. The number of rotatable bonds is 1. The first-order valence-electron chi connectivity index (χ1n) is 8.65. The summed E-state index contributed by atoms with van der Waals surface area (Å²) in [6.45, 7) is 10.0. The number of carbonyl (C=O) groups is 1. The van der Waals surface area contributed by atoms with Gasteiger partial charge >= 0.3 is 0 Å². The number of carbonyl (C=O) groups excluding carboxylic acids is 1. The summed E-state index contributed by atoms with van der Waals surface area (Å²) in [5.41, 5.74) is 3.72. The Hall–Kier alpha value is -1.77. The topological polar surface area (TPSA) is 36.1 Å². The molecule has 3 nitrogen and oxygen atoms in total. The zero-order valence-corrected chi connectivity index (χ0v) is 14.6. The fourth-order valence-corrected chi connectivity index (χ4v) is 5.27. The van der Waals surface area contributed by atoms with Gasteiger partial charge in [0.05, 0.1) is 5.56 Å². The smallest absolute Gasteiger partial charge is 0.256 e. The van der Waals surface area contributed by atoms with E-state index in [1.807, 2.05) is 6.20 Å². The molecule has 0 spiro atoms. The maximum atomic E-state index is 13.2. The molecule has 1 aromatic heterocycles. The normalized spacial score (nSPS) is 29.2. The van der Waals surface area contributed by atoms with Gasteiger partial charge in [-0.15, -0.1) is 0 Å². The lowest BCUT2D eigenvalue weighted by molar-refractivity contribution is 0.0710. The van der Waals surface area contributed by atoms with Gasteiger partial charge in [0.1, 0.15) is 0 Å². The van der Waals surface area contributed by atoms with E-state index in [9.17, 15) is 4.79 Å². The zero-order valence-electron chi connectivity index (χ0n) is 14.6. The van der Waals surface area contributed by atoms with Gasteiger partial charge in [-0.25, -0.2) is 0 Å². The average molecular weight is 310 g/mol. The summed E-state index contributed by atoms with van der Waals surface area (Å²) in [7, 11) is 0. The lowest BCUT2D eigenvalue weighted by Gasteiger charge is -2.39. The van der Waals surface area contributed by atoms with Crippen LogP contribution in [-0.2, 0) is 0 Å². The predicted molar refractivity (Wildman–Crippen MR) is 93.6 cm³/mol. The van der Waals surface area contributed by atoms with Gasteiger partial charge in [0.25, 0.3) is 5.91 Å². The van der Waals surface area contributed by atoms with Gasteiger partial charge in [-0.2, -0.15) is 0 Å². The van der Waals surface area contributed by atoms with Gasteiger partial charge in [-0.05, 0) is 48.6 Å². The van der Waals surface area contributed by atoms with Gasteiger partial charge in [0.2, 0.25) is 0 Å². The Morgan fingerprint density at radius 3 is 2.83 bits per heavy atom. The second kappa shape index (κ2) is 4.62. The fraction of sp³-hybridized carbons (Fsp3) is 0.550. The van der Waals surface area contributed by atoms with Crippen LogP contribution in [0, 0.1) is 17.8 Å². The van der Waals surface area contributed by atoms with E-state index in [0.717, 1.165) is 35.9 Å². The summed E-state index contributed by atoms with van der Waals surface area (Å²) in [6.07, 6.45) is 5.38. The third-order valence-corrected chi connectivity index (χ3v) is 5.74. The summed E-state index contributed by atoms with van der Waals surface area (Å²) >= 11 is 0. The van der Waals surface area contributed by atoms with Gasteiger partial charge < -0.3 is 9.88 Å². The molecule has 1 aliphatic heterocycles. The molecule has 122 valence electrons. The maximum absolute atomic E-state index is 13.2. The van der Waals surface area contributed by atoms with Crippen LogP contribution in [0.5, 0.6) is 0 Å². The number of H-pyrrole nitrogens is 1. The number of benzene rings is 1. The van der Waals surface area contributed by atoms with Crippen molar-refractivity contribution in [2.24, 2.45) is 10.8 Å². The molecule has 1 N–H and O–H groups in total. The maximum Gasteiger partial charge on any atom is 0.256 e. The molecule has 1 saturated heterocycles. The molecule has 1 amide bonds. The van der Waals surface area contributed by atoms with Crippen molar-refractivity contribution in [1.82, 2.24) is 9.88 Å². The minimum absolute atomic E-state index is 0.200. The summed E-state index contributed by atoms with van der Waals surface area (Å²) in [6, 6.07) is 6.66. The van der Waals surface area contributed by atoms with E-state index in [1.54, 1.807) is 0 Å². The highest BCUT2D eigenvalue weighted by atomic mass is 16.2. The Morgan fingerprint density at radius 2 is 2.04 bits per heavy atom. The van der Waals surface area contributed by atoms with Crippen LogP contribution in [0.3, 0.4) is 0 Å². The van der Waals surface area contributed by atoms with E-state index in [4.69, 9.17) is 0 Å². The Morgan fingerprint density at radius 1 is 1.26 bits per heavy atom. The van der Waals surface area contributed by atoms with Gasteiger partial charge in [-0.1, -0.05) is 32.9 Å². The highest BCUT2D eigenvalue weighted by Gasteiger charge is 2.51. The second-order valence-electron chi connectivity index (χ2n) is 8.90. The molecule has 1 aromatic carbocycles. The van der Waals surface area contributed by atoms with Crippen molar-refractivity contribution in [3.05, 3.63) is 35.5 Å². The van der Waals surface area contributed by atoms with Gasteiger partial charge in [0.15, 0.2) is 0 Å². The molecule has 1 aliphatic carbocycles. The van der Waals surface area contributed by atoms with Crippen LogP contribution < -0.4 is 0 Å². The first kappa shape index (κ1) is 14.8. The van der Waals surface area contributed by atoms with E-state index in [1.165, 1.54) is 12.0 Å². The zero-order chi connectivity index (χ0) is 16.4. The van der Waals surface area contributed by atoms with Crippen molar-refractivity contribution in [1.29, 1.82) is 0 Å². The fourth-order valence-electron chi connectivity index (χ4n) is 5.27. The molecule has 1 saturated carbocycles. The monoisotopic (exact) mass is 310 g/mol. The number of amides is 1. The molecule has 2 atom stereocenters. The SMILES string of the molecule is Cc1ccc2c(C(=O)N3CC4(C)CC3CC(C)(C)C4)c[nH]c2c1. The lowest BCUT2D eigenvalue weighted by Crippen LogP contribution is -2.37. The first-order valence-corrected chi connectivity index (χ1v) is 8.65. The number of nitrogens with one attached hydrogen (secondary N) is 1. The Labute approximate surface area is 138 Å². The summed E-state index contributed by atoms with van der Waals surface area (Å²) < 4.78 is 0. The van der Waals surface area contributed by atoms with E-state index in [2.05, 4.69) is 55.8 Å². The molecule has 2 unspecified atom stereocenters. The largest absolute Gasteiger partial charge is 0.360 e. The highest BCUT2D eigenvalue weighted by Crippen LogP contribution is 2.52. The van der Waals surface area contributed by atoms with Crippen molar-refractivity contribution < 1.29 is 4.79 Å². The van der Waals surface area contributed by atoms with Crippen LogP contribution in [0.1, 0.15) is 56.0 Å². The van der Waals surface area contributed by atoms with Crippen molar-refractivity contribution in [3.63, 3.8) is 0 Å². The molecule has 2 aromatic rings. The first-order chi connectivity index (χ1) is 10.8. The number of aromatic amines is 1.